The fraction of sp³-hybridized carbons (Fsp3) is 0.412. The van der Waals surface area contributed by atoms with E-state index in [1.807, 2.05) is 0 Å². The molecule has 0 saturated carbocycles. The third-order valence-corrected chi connectivity index (χ3v) is 4.76. The topological polar surface area (TPSA) is 45.8 Å². The minimum Gasteiger partial charge on any atom is -0.309 e. The van der Waals surface area contributed by atoms with Crippen molar-refractivity contribution in [2.45, 2.75) is 44.9 Å². The normalized spacial score (nSPS) is 15.2. The minimum absolute atomic E-state index is 0.0825. The molecule has 1 heterocycles. The van der Waals surface area contributed by atoms with Crippen molar-refractivity contribution in [2.75, 3.05) is 0 Å². The Kier molecular flexibility index (Phi) is 3.52. The molecule has 0 amide bonds. The fourth-order valence-corrected chi connectivity index (χ4v) is 3.70. The molecule has 1 N–H and O–H groups in total. The summed E-state index contributed by atoms with van der Waals surface area (Å²) >= 11 is 3.38. The highest BCUT2D eigenvalue weighted by Crippen LogP contribution is 2.33. The van der Waals surface area contributed by atoms with Crippen molar-refractivity contribution in [3.8, 4) is 0 Å². The second kappa shape index (κ2) is 5.09. The number of hydrogen-bond donors (Lipinski definition) is 1. The van der Waals surface area contributed by atoms with Crippen LogP contribution in [0.4, 0.5) is 0 Å². The van der Waals surface area contributed by atoms with Gasteiger partial charge in [0, 0.05) is 11.3 Å². The number of H-pyrrole nitrogens is 1. The molecule has 4 heteroatoms. The van der Waals surface area contributed by atoms with Crippen LogP contribution in [0.2, 0.25) is 0 Å². The first-order chi connectivity index (χ1) is 9.86. The third kappa shape index (κ3) is 2.69. The Balaban J connectivity index is 2.02. The van der Waals surface area contributed by atoms with Crippen LogP contribution in [-0.2, 0) is 18.3 Å². The van der Waals surface area contributed by atoms with Crippen molar-refractivity contribution in [2.24, 2.45) is 0 Å². The largest absolute Gasteiger partial charge is 0.309 e. The van der Waals surface area contributed by atoms with Gasteiger partial charge in [-0.2, -0.15) is 0 Å². The lowest BCUT2D eigenvalue weighted by Crippen LogP contribution is -2.24. The molecule has 0 radical (unpaired) electrons. The number of fused-ring (bicyclic) bond motifs is 1. The molecule has 0 spiro atoms. The monoisotopic (exact) mass is 346 g/mol. The minimum atomic E-state index is -0.159. The second-order valence-corrected chi connectivity index (χ2v) is 7.53. The summed E-state index contributed by atoms with van der Waals surface area (Å²) in [6.07, 6.45) is 1.90. The van der Waals surface area contributed by atoms with Gasteiger partial charge in [-0.1, -0.05) is 45.0 Å². The number of aromatic amines is 1. The van der Waals surface area contributed by atoms with Crippen molar-refractivity contribution in [3.63, 3.8) is 0 Å². The first-order valence-corrected chi connectivity index (χ1v) is 8.02. The smallest absolute Gasteiger partial charge is 0.265 e. The van der Waals surface area contributed by atoms with Crippen molar-refractivity contribution in [1.82, 2.24) is 9.97 Å². The molecule has 0 saturated heterocycles. The van der Waals surface area contributed by atoms with E-state index in [-0.39, 0.29) is 16.9 Å². The van der Waals surface area contributed by atoms with Crippen molar-refractivity contribution < 1.29 is 0 Å². The number of aromatic nitrogens is 2. The van der Waals surface area contributed by atoms with Crippen LogP contribution in [0, 0.1) is 0 Å². The predicted molar refractivity (Wildman–Crippen MR) is 87.8 cm³/mol. The van der Waals surface area contributed by atoms with Gasteiger partial charge in [-0.05, 0) is 39.9 Å². The van der Waals surface area contributed by atoms with Gasteiger partial charge in [0.05, 0.1) is 5.69 Å². The molecule has 0 atom stereocenters. The van der Waals surface area contributed by atoms with Crippen LogP contribution < -0.4 is 5.56 Å². The number of benzene rings is 1. The molecule has 1 aliphatic carbocycles. The van der Waals surface area contributed by atoms with Crippen LogP contribution in [0.3, 0.4) is 0 Å². The van der Waals surface area contributed by atoms with E-state index >= 15 is 0 Å². The lowest BCUT2D eigenvalue weighted by Gasteiger charge is -2.21. The number of nitrogens with one attached hydrogen (secondary N) is 1. The zero-order valence-electron chi connectivity index (χ0n) is 12.5. The van der Waals surface area contributed by atoms with Crippen molar-refractivity contribution in [1.29, 1.82) is 0 Å². The third-order valence-electron chi connectivity index (χ3n) is 4.03. The molecule has 2 aromatic rings. The van der Waals surface area contributed by atoms with E-state index in [4.69, 9.17) is 4.98 Å². The zero-order chi connectivity index (χ0) is 15.2. The molecule has 21 heavy (non-hydrogen) atoms. The Morgan fingerprint density at radius 3 is 2.29 bits per heavy atom. The van der Waals surface area contributed by atoms with Gasteiger partial charge < -0.3 is 4.98 Å². The van der Waals surface area contributed by atoms with E-state index in [1.54, 1.807) is 0 Å². The van der Waals surface area contributed by atoms with Crippen LogP contribution in [0.5, 0.6) is 0 Å². The Morgan fingerprint density at radius 2 is 1.76 bits per heavy atom. The van der Waals surface area contributed by atoms with Gasteiger partial charge in [0.1, 0.15) is 10.3 Å². The SMILES string of the molecule is CC(C)(C)c1nc(C2Cc3ccccc3C2)[nH]c(=O)c1Br. The average molecular weight is 347 g/mol. The van der Waals surface area contributed by atoms with Crippen LogP contribution in [0.15, 0.2) is 33.5 Å². The highest BCUT2D eigenvalue weighted by molar-refractivity contribution is 9.10. The quantitative estimate of drug-likeness (QED) is 0.855. The molecule has 1 aromatic heterocycles. The van der Waals surface area contributed by atoms with Crippen molar-refractivity contribution in [3.05, 3.63) is 61.7 Å². The van der Waals surface area contributed by atoms with Crippen LogP contribution in [-0.4, -0.2) is 9.97 Å². The van der Waals surface area contributed by atoms with Gasteiger partial charge in [0.2, 0.25) is 0 Å². The van der Waals surface area contributed by atoms with Gasteiger partial charge in [0.15, 0.2) is 0 Å². The molecule has 110 valence electrons. The molecule has 1 aromatic carbocycles. The fourth-order valence-electron chi connectivity index (χ4n) is 2.92. The summed E-state index contributed by atoms with van der Waals surface area (Å²) < 4.78 is 0.550. The molecule has 0 unspecified atom stereocenters. The first kappa shape index (κ1) is 14.5. The number of rotatable bonds is 1. The summed E-state index contributed by atoms with van der Waals surface area (Å²) in [4.78, 5) is 19.9. The maximum Gasteiger partial charge on any atom is 0.265 e. The molecular formula is C17H19BrN2O. The maximum absolute atomic E-state index is 12.2. The molecule has 0 aliphatic heterocycles. The zero-order valence-corrected chi connectivity index (χ0v) is 14.1. The predicted octanol–water partition coefficient (Wildman–Crippen LogP) is 3.71. The lowest BCUT2D eigenvalue weighted by atomic mass is 9.91. The summed E-state index contributed by atoms with van der Waals surface area (Å²) in [6, 6.07) is 8.47. The number of hydrogen-bond acceptors (Lipinski definition) is 2. The molecular weight excluding hydrogens is 328 g/mol. The Bertz CT molecular complexity index is 718. The van der Waals surface area contributed by atoms with E-state index in [2.05, 4.69) is 66.0 Å². The molecule has 3 nitrogen and oxygen atoms in total. The van der Waals surface area contributed by atoms with Crippen molar-refractivity contribution >= 4 is 15.9 Å². The molecule has 1 aliphatic rings. The summed E-state index contributed by atoms with van der Waals surface area (Å²) in [5.74, 6) is 1.08. The Labute approximate surface area is 133 Å². The second-order valence-electron chi connectivity index (χ2n) is 6.74. The molecule has 0 bridgehead atoms. The average Bonchev–Trinajstić information content (AvgIpc) is 2.84. The highest BCUT2D eigenvalue weighted by Gasteiger charge is 2.28. The molecule has 3 rings (SSSR count). The Hall–Kier alpha value is -1.42. The van der Waals surface area contributed by atoms with Gasteiger partial charge in [-0.25, -0.2) is 4.98 Å². The Morgan fingerprint density at radius 1 is 1.19 bits per heavy atom. The van der Waals surface area contributed by atoms with E-state index in [9.17, 15) is 4.79 Å². The van der Waals surface area contributed by atoms with Gasteiger partial charge in [0.25, 0.3) is 5.56 Å². The van der Waals surface area contributed by atoms with E-state index in [1.165, 1.54) is 11.1 Å². The summed E-state index contributed by atoms with van der Waals surface area (Å²) in [6.45, 7) is 6.23. The van der Waals surface area contributed by atoms with Gasteiger partial charge in [-0.3, -0.25) is 4.79 Å². The highest BCUT2D eigenvalue weighted by atomic mass is 79.9. The summed E-state index contributed by atoms with van der Waals surface area (Å²) in [7, 11) is 0. The van der Waals surface area contributed by atoms with Gasteiger partial charge in [-0.15, -0.1) is 0 Å². The van der Waals surface area contributed by atoms with Crippen LogP contribution in [0.1, 0.15) is 49.3 Å². The number of nitrogens with zero attached hydrogens (tertiary/aromatic N) is 1. The summed E-state index contributed by atoms with van der Waals surface area (Å²) in [5.41, 5.74) is 3.32. The maximum atomic E-state index is 12.2. The van der Waals surface area contributed by atoms with Crippen LogP contribution in [0.25, 0.3) is 0 Å². The first-order valence-electron chi connectivity index (χ1n) is 7.23. The van der Waals surface area contributed by atoms with Crippen LogP contribution >= 0.6 is 15.9 Å². The van der Waals surface area contributed by atoms with E-state index in [0.717, 1.165) is 24.4 Å². The number of halogens is 1. The van der Waals surface area contributed by atoms with Gasteiger partial charge >= 0.3 is 0 Å². The van der Waals surface area contributed by atoms with E-state index in [0.29, 0.717) is 4.47 Å². The lowest BCUT2D eigenvalue weighted by molar-refractivity contribution is 0.547. The van der Waals surface area contributed by atoms with E-state index < -0.39 is 0 Å². The molecule has 0 fully saturated rings. The standard InChI is InChI=1S/C17H19BrN2O/c1-17(2,3)14-13(18)16(21)20-15(19-14)12-8-10-6-4-5-7-11(10)9-12/h4-7,12H,8-9H2,1-3H3,(H,19,20,21). The summed E-state index contributed by atoms with van der Waals surface area (Å²) in [5, 5.41) is 0.